The molecule has 0 aliphatic rings. The van der Waals surface area contributed by atoms with Gasteiger partial charge in [0.05, 0.1) is 10.1 Å². The van der Waals surface area contributed by atoms with E-state index in [4.69, 9.17) is 0 Å². The molecule has 0 aliphatic carbocycles. The molecule has 4 nitrogen and oxygen atoms in total. The van der Waals surface area contributed by atoms with Crippen LogP contribution in [0.15, 0.2) is 64.6 Å². The number of nitrogens with zero attached hydrogens (tertiary/aromatic N) is 1. The summed E-state index contributed by atoms with van der Waals surface area (Å²) in [6.45, 7) is 0.714. The summed E-state index contributed by atoms with van der Waals surface area (Å²) < 4.78 is 33.5. The van der Waals surface area contributed by atoms with Crippen molar-refractivity contribution in [3.63, 3.8) is 0 Å². The Morgan fingerprint density at radius 2 is 1.57 bits per heavy atom. The van der Waals surface area contributed by atoms with Gasteiger partial charge in [-0.15, -0.1) is 0 Å². The topological polar surface area (TPSA) is 61.1 Å². The van der Waals surface area contributed by atoms with Gasteiger partial charge in [0, 0.05) is 34.1 Å². The van der Waals surface area contributed by atoms with Crippen molar-refractivity contribution in [1.29, 1.82) is 0 Å². The van der Waals surface area contributed by atoms with Gasteiger partial charge in [-0.3, -0.25) is 0 Å². The normalized spacial score (nSPS) is 11.5. The van der Waals surface area contributed by atoms with E-state index in [0.717, 1.165) is 4.90 Å². The summed E-state index contributed by atoms with van der Waals surface area (Å²) in [4.78, 5) is 2.34. The molecule has 0 saturated carbocycles. The first-order valence-electron chi connectivity index (χ1n) is 6.68. The summed E-state index contributed by atoms with van der Waals surface area (Å²) in [5.41, 5.74) is 0. The molecule has 2 rings (SSSR count). The molecule has 0 N–H and O–H groups in total. The third kappa shape index (κ3) is 6.29. The van der Waals surface area contributed by atoms with E-state index < -0.39 is 10.1 Å². The van der Waals surface area contributed by atoms with Crippen LogP contribution in [-0.4, -0.2) is 18.7 Å². The second-order valence-electron chi connectivity index (χ2n) is 4.66. The SMILES string of the molecule is O=S(=O)([O-])CCCC[n+]1ccc(Sc2ccccc2)cc1. The molecule has 21 heavy (non-hydrogen) atoms. The zero-order valence-corrected chi connectivity index (χ0v) is 13.1. The monoisotopic (exact) mass is 323 g/mol. The molecule has 1 aromatic heterocycles. The van der Waals surface area contributed by atoms with Crippen LogP contribution in [0, 0.1) is 0 Å². The molecule has 1 heterocycles. The maximum Gasteiger partial charge on any atom is 0.169 e. The van der Waals surface area contributed by atoms with E-state index in [9.17, 15) is 13.0 Å². The van der Waals surface area contributed by atoms with Crippen molar-refractivity contribution < 1.29 is 17.5 Å². The number of hydrogen-bond acceptors (Lipinski definition) is 4. The predicted octanol–water partition coefficient (Wildman–Crippen LogP) is 2.45. The minimum atomic E-state index is -4.08. The molecule has 0 fully saturated rings. The average molecular weight is 323 g/mol. The van der Waals surface area contributed by atoms with Crippen molar-refractivity contribution in [3.05, 3.63) is 54.9 Å². The molecule has 0 aliphatic heterocycles. The van der Waals surface area contributed by atoms with Gasteiger partial charge < -0.3 is 4.55 Å². The highest BCUT2D eigenvalue weighted by atomic mass is 32.2. The molecule has 0 unspecified atom stereocenters. The Hall–Kier alpha value is -1.37. The molecular formula is C15H17NO3S2. The average Bonchev–Trinajstić information content (AvgIpc) is 2.45. The highest BCUT2D eigenvalue weighted by Crippen LogP contribution is 2.25. The molecular weight excluding hydrogens is 306 g/mol. The molecule has 0 radical (unpaired) electrons. The summed E-state index contributed by atoms with van der Waals surface area (Å²) in [6.07, 6.45) is 5.02. The molecule has 112 valence electrons. The van der Waals surface area contributed by atoms with E-state index in [1.165, 1.54) is 4.90 Å². The van der Waals surface area contributed by atoms with Crippen molar-refractivity contribution in [1.82, 2.24) is 0 Å². The van der Waals surface area contributed by atoms with Crippen LogP contribution < -0.4 is 4.57 Å². The van der Waals surface area contributed by atoms with Gasteiger partial charge in [0.1, 0.15) is 6.54 Å². The summed E-state index contributed by atoms with van der Waals surface area (Å²) in [6, 6.07) is 14.2. The van der Waals surface area contributed by atoms with E-state index in [1.54, 1.807) is 11.8 Å². The van der Waals surface area contributed by atoms with Gasteiger partial charge in [-0.05, 0) is 18.6 Å². The van der Waals surface area contributed by atoms with Crippen LogP contribution in [0.5, 0.6) is 0 Å². The smallest absolute Gasteiger partial charge is 0.169 e. The van der Waals surface area contributed by atoms with Gasteiger partial charge >= 0.3 is 0 Å². The first kappa shape index (κ1) is 16.0. The lowest BCUT2D eigenvalue weighted by Crippen LogP contribution is -2.32. The van der Waals surface area contributed by atoms with Gasteiger partial charge in [0.2, 0.25) is 0 Å². The first-order chi connectivity index (χ1) is 10.0. The van der Waals surface area contributed by atoms with Crippen molar-refractivity contribution in [2.75, 3.05) is 5.75 Å². The number of hydrogen-bond donors (Lipinski definition) is 0. The van der Waals surface area contributed by atoms with Crippen LogP contribution in [0.1, 0.15) is 12.8 Å². The van der Waals surface area contributed by atoms with Crippen molar-refractivity contribution in [2.24, 2.45) is 0 Å². The molecule has 0 amide bonds. The first-order valence-corrected chi connectivity index (χ1v) is 9.08. The fraction of sp³-hybridized carbons (Fsp3) is 0.267. The van der Waals surface area contributed by atoms with Crippen molar-refractivity contribution in [2.45, 2.75) is 29.2 Å². The van der Waals surface area contributed by atoms with E-state index >= 15 is 0 Å². The highest BCUT2D eigenvalue weighted by Gasteiger charge is 2.03. The summed E-state index contributed by atoms with van der Waals surface area (Å²) in [5, 5.41) is 0. The standard InChI is InChI=1S/C15H17NO3S2/c17-21(18,19)13-5-4-10-16-11-8-15(9-12-16)20-14-6-2-1-3-7-14/h1-3,6-9,11-12H,4-5,10,13H2. The van der Waals surface area contributed by atoms with E-state index in [-0.39, 0.29) is 5.75 Å². The van der Waals surface area contributed by atoms with Crippen LogP contribution in [-0.2, 0) is 16.7 Å². The van der Waals surface area contributed by atoms with E-state index in [0.29, 0.717) is 19.4 Å². The van der Waals surface area contributed by atoms with Crippen LogP contribution in [0.2, 0.25) is 0 Å². The van der Waals surface area contributed by atoms with Gasteiger partial charge in [-0.2, -0.15) is 0 Å². The highest BCUT2D eigenvalue weighted by molar-refractivity contribution is 7.99. The Morgan fingerprint density at radius 3 is 2.19 bits per heavy atom. The Bertz CT molecular complexity index is 655. The second kappa shape index (κ2) is 7.59. The van der Waals surface area contributed by atoms with Gasteiger partial charge in [-0.1, -0.05) is 30.0 Å². The fourth-order valence-electron chi connectivity index (χ4n) is 1.86. The molecule has 0 atom stereocenters. The zero-order valence-electron chi connectivity index (χ0n) is 11.5. The third-order valence-electron chi connectivity index (χ3n) is 2.90. The summed E-state index contributed by atoms with van der Waals surface area (Å²) in [7, 11) is -4.08. The Morgan fingerprint density at radius 1 is 0.952 bits per heavy atom. The lowest BCUT2D eigenvalue weighted by molar-refractivity contribution is -0.697. The van der Waals surface area contributed by atoms with Gasteiger partial charge in [0.15, 0.2) is 12.4 Å². The zero-order chi connectivity index (χ0) is 15.1. The van der Waals surface area contributed by atoms with Crippen LogP contribution in [0.25, 0.3) is 0 Å². The molecule has 2 aromatic rings. The number of aromatic nitrogens is 1. The number of rotatable bonds is 7. The maximum absolute atomic E-state index is 10.5. The number of benzene rings is 1. The number of unbranched alkanes of at least 4 members (excludes halogenated alkanes) is 1. The summed E-state index contributed by atoms with van der Waals surface area (Å²) in [5.74, 6) is -0.282. The lowest BCUT2D eigenvalue weighted by atomic mass is 10.3. The quantitative estimate of drug-likeness (QED) is 0.446. The van der Waals surface area contributed by atoms with Gasteiger partial charge in [-0.25, -0.2) is 13.0 Å². The van der Waals surface area contributed by atoms with Crippen molar-refractivity contribution >= 4 is 21.9 Å². The predicted molar refractivity (Wildman–Crippen MR) is 81.0 cm³/mol. The molecule has 0 spiro atoms. The summed E-state index contributed by atoms with van der Waals surface area (Å²) >= 11 is 1.69. The molecule has 6 heteroatoms. The largest absolute Gasteiger partial charge is 0.748 e. The van der Waals surface area contributed by atoms with Gasteiger partial charge in [0.25, 0.3) is 0 Å². The molecule has 0 bridgehead atoms. The van der Waals surface area contributed by atoms with Crippen LogP contribution in [0.3, 0.4) is 0 Å². The fourth-order valence-corrected chi connectivity index (χ4v) is 3.24. The Labute approximate surface area is 129 Å². The molecule has 1 aromatic carbocycles. The van der Waals surface area contributed by atoms with Crippen LogP contribution >= 0.6 is 11.8 Å². The molecule has 0 saturated heterocycles. The lowest BCUT2D eigenvalue weighted by Gasteiger charge is -2.05. The third-order valence-corrected chi connectivity index (χ3v) is 4.70. The second-order valence-corrected chi connectivity index (χ2v) is 7.33. The number of aryl methyl sites for hydroxylation is 1. The number of pyridine rings is 1. The van der Waals surface area contributed by atoms with E-state index in [2.05, 4.69) is 12.1 Å². The Kier molecular flexibility index (Phi) is 5.78. The maximum atomic E-state index is 10.5. The van der Waals surface area contributed by atoms with Crippen molar-refractivity contribution in [3.8, 4) is 0 Å². The van der Waals surface area contributed by atoms with E-state index in [1.807, 2.05) is 47.3 Å². The Balaban J connectivity index is 1.82. The minimum absolute atomic E-state index is 0.282. The minimum Gasteiger partial charge on any atom is -0.748 e. The van der Waals surface area contributed by atoms with Crippen LogP contribution in [0.4, 0.5) is 0 Å².